The molecule has 0 spiro atoms. The molecule has 1 saturated carbocycles. The zero-order valence-electron chi connectivity index (χ0n) is 15.0. The summed E-state index contributed by atoms with van der Waals surface area (Å²) in [7, 11) is -3.52. The minimum atomic E-state index is -3.52. The van der Waals surface area contributed by atoms with Crippen molar-refractivity contribution >= 4 is 22.0 Å². The molecule has 3 unspecified atom stereocenters. The molecule has 1 aliphatic heterocycles. The summed E-state index contributed by atoms with van der Waals surface area (Å²) in [5.74, 6) is -0.122. The van der Waals surface area contributed by atoms with Gasteiger partial charge in [0.25, 0.3) is 0 Å². The Morgan fingerprint density at radius 2 is 1.69 bits per heavy atom. The Labute approximate surface area is 155 Å². The SMILES string of the molecule is O=C1C(C2=N[S+](=O)(O)C3=C(CCCC3)N2)=C(O)C2CCCCCCC1C2. The van der Waals surface area contributed by atoms with Crippen molar-refractivity contribution in [3.8, 4) is 0 Å². The fraction of sp³-hybridized carbons (Fsp3) is 0.684. The van der Waals surface area contributed by atoms with Crippen LogP contribution in [0.5, 0.6) is 0 Å². The maximum Gasteiger partial charge on any atom is 0.370 e. The molecule has 0 saturated heterocycles. The van der Waals surface area contributed by atoms with E-state index in [0.717, 1.165) is 51.4 Å². The third-order valence-corrected chi connectivity index (χ3v) is 7.67. The first-order chi connectivity index (χ1) is 12.5. The molecule has 3 atom stereocenters. The molecule has 1 heterocycles. The third kappa shape index (κ3) is 3.16. The Bertz CT molecular complexity index is 768. The van der Waals surface area contributed by atoms with E-state index in [-0.39, 0.29) is 34.8 Å². The van der Waals surface area contributed by atoms with E-state index in [9.17, 15) is 18.7 Å². The number of carbonyl (C=O) groups is 1. The van der Waals surface area contributed by atoms with Crippen LogP contribution in [0.4, 0.5) is 0 Å². The minimum Gasteiger partial charge on any atom is -0.511 e. The van der Waals surface area contributed by atoms with Gasteiger partial charge in [0.05, 0.1) is 5.70 Å². The number of hydrogen-bond acceptors (Lipinski definition) is 4. The maximum absolute atomic E-state index is 13.1. The molecule has 7 heteroatoms. The highest BCUT2D eigenvalue weighted by Gasteiger charge is 2.46. The lowest BCUT2D eigenvalue weighted by Crippen LogP contribution is -2.41. The maximum atomic E-state index is 13.1. The molecule has 3 N–H and O–H groups in total. The monoisotopic (exact) mass is 379 g/mol. The van der Waals surface area contributed by atoms with E-state index in [2.05, 4.69) is 9.71 Å². The van der Waals surface area contributed by atoms with E-state index in [1.165, 1.54) is 0 Å². The van der Waals surface area contributed by atoms with Gasteiger partial charge in [0.15, 0.2) is 11.6 Å². The van der Waals surface area contributed by atoms with E-state index in [0.29, 0.717) is 29.9 Å². The van der Waals surface area contributed by atoms with Crippen LogP contribution in [0.15, 0.2) is 26.3 Å². The van der Waals surface area contributed by atoms with Gasteiger partial charge in [-0.1, -0.05) is 25.7 Å². The van der Waals surface area contributed by atoms with E-state index >= 15 is 0 Å². The second kappa shape index (κ2) is 6.93. The Balaban J connectivity index is 1.73. The molecule has 6 nitrogen and oxygen atoms in total. The molecule has 4 rings (SSSR count). The summed E-state index contributed by atoms with van der Waals surface area (Å²) >= 11 is 0. The molecule has 4 aliphatic rings. The van der Waals surface area contributed by atoms with Gasteiger partial charge in [-0.2, -0.15) is 4.55 Å². The van der Waals surface area contributed by atoms with Gasteiger partial charge in [-0.3, -0.25) is 4.79 Å². The summed E-state index contributed by atoms with van der Waals surface area (Å²) in [5, 5.41) is 14.0. The van der Waals surface area contributed by atoms with E-state index in [1.54, 1.807) is 0 Å². The van der Waals surface area contributed by atoms with Crippen molar-refractivity contribution in [1.82, 2.24) is 5.32 Å². The van der Waals surface area contributed by atoms with Crippen LogP contribution >= 0.6 is 0 Å². The zero-order chi connectivity index (χ0) is 18.3. The van der Waals surface area contributed by atoms with Crippen LogP contribution in [0.3, 0.4) is 0 Å². The Morgan fingerprint density at radius 1 is 1.00 bits per heavy atom. The first-order valence-corrected chi connectivity index (χ1v) is 11.3. The number of fused-ring (bicyclic) bond motifs is 2. The van der Waals surface area contributed by atoms with Gasteiger partial charge < -0.3 is 10.4 Å². The molecule has 3 aliphatic carbocycles. The summed E-state index contributed by atoms with van der Waals surface area (Å²) in [6.07, 6.45) is 9.71. The Morgan fingerprint density at radius 3 is 2.46 bits per heavy atom. The smallest absolute Gasteiger partial charge is 0.370 e. The van der Waals surface area contributed by atoms with Crippen molar-refractivity contribution < 1.29 is 18.7 Å². The molecule has 0 aromatic heterocycles. The van der Waals surface area contributed by atoms with Crippen LogP contribution in [-0.4, -0.2) is 21.3 Å². The number of allylic oxidation sites excluding steroid dienone is 3. The molecule has 2 bridgehead atoms. The van der Waals surface area contributed by atoms with Crippen molar-refractivity contribution in [2.75, 3.05) is 0 Å². The first kappa shape index (κ1) is 17.9. The lowest BCUT2D eigenvalue weighted by molar-refractivity contribution is -0.120. The van der Waals surface area contributed by atoms with Crippen LogP contribution in [0.2, 0.25) is 0 Å². The molecular weight excluding hydrogens is 352 g/mol. The molecule has 142 valence electrons. The Kier molecular flexibility index (Phi) is 4.77. The standard InChI is InChI=1S/C19H26N2O4S/c22-17-12-7-3-1-2-4-8-13(11-12)18(23)16(17)19-20-14-9-5-6-10-15(14)26(24,25)21-19/h12-13H,1-11H2,(H2-,20,21,22,23,24,25)/p+1. The normalized spacial score (nSPS) is 35.7. The van der Waals surface area contributed by atoms with Crippen LogP contribution in [-0.2, 0) is 19.4 Å². The quantitative estimate of drug-likeness (QED) is 0.597. The fourth-order valence-electron chi connectivity index (χ4n) is 4.73. The van der Waals surface area contributed by atoms with Gasteiger partial charge in [0.2, 0.25) is 4.91 Å². The highest BCUT2D eigenvalue weighted by Crippen LogP contribution is 2.40. The number of hydrogen-bond donors (Lipinski definition) is 3. The van der Waals surface area contributed by atoms with Gasteiger partial charge in [-0.15, -0.1) is 0 Å². The van der Waals surface area contributed by atoms with E-state index < -0.39 is 10.4 Å². The first-order valence-electron chi connectivity index (χ1n) is 9.80. The van der Waals surface area contributed by atoms with E-state index in [4.69, 9.17) is 0 Å². The minimum absolute atomic E-state index is 0.0493. The number of Topliss-reactive ketones (excluding diaryl/α,β-unsaturated/α-hetero) is 1. The van der Waals surface area contributed by atoms with Gasteiger partial charge in [-0.25, -0.2) is 0 Å². The van der Waals surface area contributed by atoms with Crippen LogP contribution < -0.4 is 5.32 Å². The van der Waals surface area contributed by atoms with Gasteiger partial charge in [0, 0.05) is 18.3 Å². The predicted molar refractivity (Wildman–Crippen MR) is 101 cm³/mol. The van der Waals surface area contributed by atoms with Crippen molar-refractivity contribution in [2.24, 2.45) is 16.2 Å². The molecule has 0 radical (unpaired) electrons. The van der Waals surface area contributed by atoms with Crippen molar-refractivity contribution in [3.63, 3.8) is 0 Å². The highest BCUT2D eigenvalue weighted by molar-refractivity contribution is 8.00. The number of nitrogens with one attached hydrogen (secondary N) is 1. The lowest BCUT2D eigenvalue weighted by atomic mass is 9.76. The topological polar surface area (TPSA) is 99.0 Å². The molecule has 1 fully saturated rings. The molecule has 26 heavy (non-hydrogen) atoms. The molecular formula is C19H27N2O4S+. The van der Waals surface area contributed by atoms with Crippen LogP contribution in [0, 0.1) is 11.8 Å². The van der Waals surface area contributed by atoms with Gasteiger partial charge in [0.1, 0.15) is 11.3 Å². The van der Waals surface area contributed by atoms with Crippen LogP contribution in [0.1, 0.15) is 70.6 Å². The number of ketones is 1. The fourth-order valence-corrected chi connectivity index (χ4v) is 6.11. The van der Waals surface area contributed by atoms with Crippen molar-refractivity contribution in [2.45, 2.75) is 70.6 Å². The summed E-state index contributed by atoms with van der Waals surface area (Å²) in [6.45, 7) is 0. The lowest BCUT2D eigenvalue weighted by Gasteiger charge is -2.31. The summed E-state index contributed by atoms with van der Waals surface area (Å²) in [5.41, 5.74) is 0.872. The number of aliphatic hydroxyl groups is 1. The number of aliphatic hydroxyl groups excluding tert-OH is 1. The van der Waals surface area contributed by atoms with Gasteiger partial charge >= 0.3 is 10.4 Å². The number of rotatable bonds is 1. The average Bonchev–Trinajstić information content (AvgIpc) is 2.71. The van der Waals surface area contributed by atoms with Crippen molar-refractivity contribution in [3.05, 3.63) is 21.9 Å². The molecule has 0 aromatic carbocycles. The number of nitrogens with zero attached hydrogens (tertiary/aromatic N) is 1. The highest BCUT2D eigenvalue weighted by atomic mass is 32.3. The zero-order valence-corrected chi connectivity index (χ0v) is 15.8. The summed E-state index contributed by atoms with van der Waals surface area (Å²) in [4.78, 5) is 13.5. The number of amidine groups is 1. The van der Waals surface area contributed by atoms with E-state index in [1.807, 2.05) is 0 Å². The average molecular weight is 380 g/mol. The number of carbonyl (C=O) groups excluding carboxylic acids is 1. The third-order valence-electron chi connectivity index (χ3n) is 6.14. The largest absolute Gasteiger partial charge is 0.511 e. The second-order valence-corrected chi connectivity index (χ2v) is 9.58. The summed E-state index contributed by atoms with van der Waals surface area (Å²) in [6, 6.07) is 0. The van der Waals surface area contributed by atoms with Crippen LogP contribution in [0.25, 0.3) is 0 Å². The Hall–Kier alpha value is -1.47. The second-order valence-electron chi connectivity index (χ2n) is 7.92. The molecule has 0 amide bonds. The molecule has 0 aromatic rings. The van der Waals surface area contributed by atoms with Crippen molar-refractivity contribution in [1.29, 1.82) is 0 Å². The summed E-state index contributed by atoms with van der Waals surface area (Å²) < 4.78 is 27.2. The van der Waals surface area contributed by atoms with Gasteiger partial charge in [-0.05, 0) is 47.1 Å². The predicted octanol–water partition coefficient (Wildman–Crippen LogP) is 4.03.